The predicted octanol–water partition coefficient (Wildman–Crippen LogP) is 1.18. The molecule has 58 valence electrons. The lowest BCUT2D eigenvalue weighted by Crippen LogP contribution is -2.00. The molecule has 1 rings (SSSR count). The predicted molar refractivity (Wildman–Crippen MR) is 39.4 cm³/mol. The van der Waals surface area contributed by atoms with Crippen LogP contribution in [-0.2, 0) is 4.74 Å². The van der Waals surface area contributed by atoms with E-state index in [9.17, 15) is 4.79 Å². The molecule has 0 saturated heterocycles. The van der Waals surface area contributed by atoms with Crippen LogP contribution in [0.15, 0.2) is 24.3 Å². The number of rotatable bonds is 1. The number of hydrogen-bond donors (Lipinski definition) is 1. The lowest BCUT2D eigenvalue weighted by molar-refractivity contribution is 0.0597. The first-order valence-electron chi connectivity index (χ1n) is 3.12. The van der Waals surface area contributed by atoms with Crippen LogP contribution in [0.2, 0.25) is 0 Å². The average Bonchev–Trinajstić information content (AvgIpc) is 2.04. The number of phenolic OH excluding ortho intramolecular Hbond substituents is 1. The first-order chi connectivity index (χ1) is 5.25. The number of phenols is 1. The number of para-hydroxylation sites is 1. The van der Waals surface area contributed by atoms with E-state index in [1.165, 1.54) is 19.2 Å². The Morgan fingerprint density at radius 1 is 1.45 bits per heavy atom. The molecule has 0 saturated carbocycles. The highest BCUT2D eigenvalue weighted by Crippen LogP contribution is 2.15. The second kappa shape index (κ2) is 3.05. The first kappa shape index (κ1) is 7.60. The van der Waals surface area contributed by atoms with Gasteiger partial charge in [0.25, 0.3) is 0 Å². The van der Waals surface area contributed by atoms with Gasteiger partial charge >= 0.3 is 5.97 Å². The maximum atomic E-state index is 10.9. The number of carbonyl (C=O) groups excluding carboxylic acids is 1. The number of aromatic hydroxyl groups is 1. The zero-order chi connectivity index (χ0) is 8.27. The number of esters is 1. The summed E-state index contributed by atoms with van der Waals surface area (Å²) in [5.74, 6) is -0.581. The standard InChI is InChI=1S/C8H8O3/c1-11-8(10)6-4-2-3-5-7(6)9/h2-5,9H,1H3/i1-1. The van der Waals surface area contributed by atoms with E-state index in [4.69, 9.17) is 5.11 Å². The molecule has 1 N–H and O–H groups in total. The topological polar surface area (TPSA) is 46.5 Å². The van der Waals surface area contributed by atoms with Crippen LogP contribution in [0, 0.1) is 0 Å². The summed E-state index contributed by atoms with van der Waals surface area (Å²) in [5, 5.41) is 9.11. The molecule has 0 bridgehead atoms. The molecule has 0 atom stereocenters. The molecule has 0 unspecified atom stereocenters. The van der Waals surface area contributed by atoms with Crippen LogP contribution in [0.1, 0.15) is 10.4 Å². The van der Waals surface area contributed by atoms with E-state index in [2.05, 4.69) is 4.74 Å². The third-order valence-electron chi connectivity index (χ3n) is 1.31. The Balaban J connectivity index is 3.03. The van der Waals surface area contributed by atoms with Crippen LogP contribution in [0.3, 0.4) is 0 Å². The van der Waals surface area contributed by atoms with Crippen molar-refractivity contribution >= 4 is 5.97 Å². The summed E-state index contributed by atoms with van der Waals surface area (Å²) in [6, 6.07) is 6.24. The molecule has 0 aliphatic carbocycles. The third-order valence-corrected chi connectivity index (χ3v) is 1.31. The molecule has 3 nitrogen and oxygen atoms in total. The van der Waals surface area contributed by atoms with Crippen molar-refractivity contribution in [1.29, 1.82) is 0 Å². The second-order valence-electron chi connectivity index (χ2n) is 2.01. The fraction of sp³-hybridized carbons (Fsp3) is 0.125. The molecule has 0 fully saturated rings. The molecule has 1 aromatic carbocycles. The van der Waals surface area contributed by atoms with Gasteiger partial charge in [-0.3, -0.25) is 0 Å². The van der Waals surface area contributed by atoms with Crippen molar-refractivity contribution in [3.8, 4) is 5.75 Å². The van der Waals surface area contributed by atoms with Crippen LogP contribution in [-0.4, -0.2) is 18.2 Å². The van der Waals surface area contributed by atoms with Gasteiger partial charge < -0.3 is 9.84 Å². The number of carbonyl (C=O) groups is 1. The van der Waals surface area contributed by atoms with Gasteiger partial charge in [-0.1, -0.05) is 12.1 Å². The first-order valence-corrected chi connectivity index (χ1v) is 3.12. The quantitative estimate of drug-likeness (QED) is 0.613. The van der Waals surface area contributed by atoms with Crippen molar-refractivity contribution < 1.29 is 14.6 Å². The van der Waals surface area contributed by atoms with Gasteiger partial charge in [-0.15, -0.1) is 0 Å². The van der Waals surface area contributed by atoms with Crippen LogP contribution in [0.25, 0.3) is 0 Å². The minimum Gasteiger partial charge on any atom is -0.507 e. The summed E-state index contributed by atoms with van der Waals surface area (Å²) >= 11 is 0. The lowest BCUT2D eigenvalue weighted by Gasteiger charge is -1.99. The molecule has 1 aromatic rings. The summed E-state index contributed by atoms with van der Waals surface area (Å²) in [6.07, 6.45) is 0. The zero-order valence-corrected chi connectivity index (χ0v) is 6.07. The SMILES string of the molecule is [11CH3]OC(=O)c1ccccc1O. The molecular formula is C8H8O3. The molecule has 0 aliphatic heterocycles. The number of hydrogen-bond acceptors (Lipinski definition) is 3. The van der Waals surface area contributed by atoms with E-state index in [0.717, 1.165) is 0 Å². The van der Waals surface area contributed by atoms with E-state index in [0.29, 0.717) is 0 Å². The van der Waals surface area contributed by atoms with Gasteiger partial charge in [0, 0.05) is 0 Å². The highest BCUT2D eigenvalue weighted by Gasteiger charge is 2.08. The Bertz CT molecular complexity index is 268. The molecule has 0 amide bonds. The van der Waals surface area contributed by atoms with E-state index < -0.39 is 5.97 Å². The Kier molecular flexibility index (Phi) is 2.11. The highest BCUT2D eigenvalue weighted by molar-refractivity contribution is 5.92. The summed E-state index contributed by atoms with van der Waals surface area (Å²) in [4.78, 5) is 10.9. The van der Waals surface area contributed by atoms with Gasteiger partial charge in [0.15, 0.2) is 0 Å². The van der Waals surface area contributed by atoms with Crippen LogP contribution in [0.5, 0.6) is 5.75 Å². The highest BCUT2D eigenvalue weighted by atomic mass is 16.5. The molecule has 0 aromatic heterocycles. The third kappa shape index (κ3) is 1.49. The minimum atomic E-state index is -0.525. The molecule has 3 heteroatoms. The normalized spacial score (nSPS) is 9.18. The van der Waals surface area contributed by atoms with Gasteiger partial charge in [0.2, 0.25) is 0 Å². The Morgan fingerprint density at radius 2 is 2.09 bits per heavy atom. The van der Waals surface area contributed by atoms with Crippen molar-refractivity contribution in [1.82, 2.24) is 0 Å². The van der Waals surface area contributed by atoms with Gasteiger partial charge in [0.1, 0.15) is 11.3 Å². The van der Waals surface area contributed by atoms with Gasteiger partial charge in [-0.25, -0.2) is 4.79 Å². The number of ether oxygens (including phenoxy) is 1. The van der Waals surface area contributed by atoms with Crippen LogP contribution < -0.4 is 0 Å². The van der Waals surface area contributed by atoms with Crippen molar-refractivity contribution in [2.75, 3.05) is 7.11 Å². The molecule has 0 aliphatic rings. The van der Waals surface area contributed by atoms with Gasteiger partial charge in [0.05, 0.1) is 7.11 Å². The molecule has 0 heterocycles. The second-order valence-corrected chi connectivity index (χ2v) is 2.01. The average molecular weight is 151 g/mol. The molecule has 0 radical (unpaired) electrons. The van der Waals surface area contributed by atoms with Crippen molar-refractivity contribution in [3.63, 3.8) is 0 Å². The number of benzene rings is 1. The Labute approximate surface area is 64.2 Å². The van der Waals surface area contributed by atoms with Crippen molar-refractivity contribution in [2.24, 2.45) is 0 Å². The smallest absolute Gasteiger partial charge is 0.341 e. The Morgan fingerprint density at radius 3 is 2.64 bits per heavy atom. The molecular weight excluding hydrogens is 143 g/mol. The number of methoxy groups -OCH3 is 1. The largest absolute Gasteiger partial charge is 0.507 e. The fourth-order valence-electron chi connectivity index (χ4n) is 0.756. The van der Waals surface area contributed by atoms with Crippen LogP contribution >= 0.6 is 0 Å². The van der Waals surface area contributed by atoms with Crippen molar-refractivity contribution in [2.45, 2.75) is 0 Å². The van der Waals surface area contributed by atoms with E-state index >= 15 is 0 Å². The molecule has 0 spiro atoms. The Hall–Kier alpha value is -1.51. The summed E-state index contributed by atoms with van der Waals surface area (Å²) in [6.45, 7) is 0. The van der Waals surface area contributed by atoms with Gasteiger partial charge in [-0.2, -0.15) is 0 Å². The van der Waals surface area contributed by atoms with Crippen LogP contribution in [0.4, 0.5) is 0 Å². The lowest BCUT2D eigenvalue weighted by atomic mass is 10.2. The maximum Gasteiger partial charge on any atom is 0.341 e. The van der Waals surface area contributed by atoms with E-state index in [-0.39, 0.29) is 11.3 Å². The van der Waals surface area contributed by atoms with Gasteiger partial charge in [-0.05, 0) is 12.1 Å². The van der Waals surface area contributed by atoms with Crippen molar-refractivity contribution in [3.05, 3.63) is 29.8 Å². The summed E-state index contributed by atoms with van der Waals surface area (Å²) in [7, 11) is 1.27. The minimum absolute atomic E-state index is 0.0562. The fourth-order valence-corrected chi connectivity index (χ4v) is 0.756. The summed E-state index contributed by atoms with van der Waals surface area (Å²) < 4.78 is 4.42. The van der Waals surface area contributed by atoms with E-state index in [1.54, 1.807) is 12.1 Å². The zero-order valence-electron chi connectivity index (χ0n) is 6.07. The monoisotopic (exact) mass is 151 g/mol. The summed E-state index contributed by atoms with van der Waals surface area (Å²) in [5.41, 5.74) is 0.190. The maximum absolute atomic E-state index is 10.9. The van der Waals surface area contributed by atoms with E-state index in [1.807, 2.05) is 0 Å². The molecule has 11 heavy (non-hydrogen) atoms.